The third-order valence-electron chi connectivity index (χ3n) is 3.68. The molecule has 4 heteroatoms. The van der Waals surface area contributed by atoms with Gasteiger partial charge in [0.2, 0.25) is 5.95 Å². The fraction of sp³-hybridized carbons (Fsp3) is 0.438. The van der Waals surface area contributed by atoms with Crippen LogP contribution in [0.3, 0.4) is 0 Å². The van der Waals surface area contributed by atoms with Gasteiger partial charge in [-0.25, -0.2) is 9.37 Å². The number of aromatic nitrogens is 2. The molecule has 1 aromatic heterocycles. The lowest BCUT2D eigenvalue weighted by atomic mass is 10.1. The monoisotopic (exact) mass is 273 g/mol. The minimum Gasteiger partial charge on any atom is -0.353 e. The molecule has 1 unspecified atom stereocenters. The van der Waals surface area contributed by atoms with E-state index in [1.807, 2.05) is 19.1 Å². The van der Waals surface area contributed by atoms with Crippen molar-refractivity contribution in [3.63, 3.8) is 0 Å². The number of nitrogens with zero attached hydrogens (tertiary/aromatic N) is 2. The zero-order chi connectivity index (χ0) is 14.1. The van der Waals surface area contributed by atoms with E-state index in [9.17, 15) is 4.39 Å². The molecule has 106 valence electrons. The number of rotatable bonds is 5. The molecule has 1 heterocycles. The Morgan fingerprint density at radius 2 is 2.05 bits per heavy atom. The highest BCUT2D eigenvalue weighted by Crippen LogP contribution is 2.27. The fourth-order valence-electron chi connectivity index (χ4n) is 2.43. The molecule has 1 N–H and O–H groups in total. The number of aryl methyl sites for hydroxylation is 1. The van der Waals surface area contributed by atoms with Gasteiger partial charge in [-0.15, -0.1) is 0 Å². The van der Waals surface area contributed by atoms with E-state index < -0.39 is 0 Å². The Hall–Kier alpha value is -1.84. The van der Waals surface area contributed by atoms with E-state index in [4.69, 9.17) is 0 Å². The second kappa shape index (κ2) is 5.27. The van der Waals surface area contributed by atoms with E-state index in [1.165, 1.54) is 25.0 Å². The second-order valence-corrected chi connectivity index (χ2v) is 5.71. The Labute approximate surface area is 118 Å². The summed E-state index contributed by atoms with van der Waals surface area (Å²) in [5, 5.41) is 3.47. The lowest BCUT2D eigenvalue weighted by molar-refractivity contribution is 0.547. The van der Waals surface area contributed by atoms with Crippen LogP contribution in [0.5, 0.6) is 0 Å². The number of hydrogen-bond acceptors (Lipinski definition) is 2. The molecule has 0 saturated heterocycles. The Morgan fingerprint density at radius 1 is 1.35 bits per heavy atom. The van der Waals surface area contributed by atoms with Crippen LogP contribution in [-0.4, -0.2) is 15.6 Å². The van der Waals surface area contributed by atoms with Crippen molar-refractivity contribution in [1.82, 2.24) is 9.55 Å². The van der Waals surface area contributed by atoms with E-state index >= 15 is 0 Å². The van der Waals surface area contributed by atoms with Gasteiger partial charge in [0.25, 0.3) is 0 Å². The van der Waals surface area contributed by atoms with Gasteiger partial charge >= 0.3 is 0 Å². The van der Waals surface area contributed by atoms with Gasteiger partial charge in [0.05, 0.1) is 5.69 Å². The first-order valence-corrected chi connectivity index (χ1v) is 7.18. The first-order valence-electron chi connectivity index (χ1n) is 7.18. The molecule has 2 aromatic rings. The van der Waals surface area contributed by atoms with Gasteiger partial charge in [0, 0.05) is 18.3 Å². The highest BCUT2D eigenvalue weighted by Gasteiger charge is 2.24. The summed E-state index contributed by atoms with van der Waals surface area (Å²) in [5.74, 6) is 0.774. The van der Waals surface area contributed by atoms with E-state index in [0.717, 1.165) is 23.6 Å². The van der Waals surface area contributed by atoms with Gasteiger partial charge in [-0.1, -0.05) is 12.1 Å². The smallest absolute Gasteiger partial charge is 0.203 e. The topological polar surface area (TPSA) is 29.9 Å². The predicted octanol–water partition coefficient (Wildman–Crippen LogP) is 3.71. The molecule has 0 amide bonds. The van der Waals surface area contributed by atoms with Gasteiger partial charge in [0.1, 0.15) is 5.82 Å². The average Bonchev–Trinajstić information content (AvgIpc) is 3.14. The third-order valence-corrected chi connectivity index (χ3v) is 3.68. The summed E-state index contributed by atoms with van der Waals surface area (Å²) in [6, 6.07) is 7.62. The highest BCUT2D eigenvalue weighted by molar-refractivity contribution is 5.33. The van der Waals surface area contributed by atoms with Crippen LogP contribution < -0.4 is 5.32 Å². The SMILES string of the molecule is Cc1cn(C(C)Cc2ccc(F)cc2)c(NC2CC2)n1. The zero-order valence-electron chi connectivity index (χ0n) is 11.9. The number of imidazole rings is 1. The van der Waals surface area contributed by atoms with Crippen molar-refractivity contribution in [3.8, 4) is 0 Å². The van der Waals surface area contributed by atoms with Crippen LogP contribution in [0.25, 0.3) is 0 Å². The van der Waals surface area contributed by atoms with Gasteiger partial charge < -0.3 is 9.88 Å². The number of nitrogens with one attached hydrogen (secondary N) is 1. The number of halogens is 1. The number of anilines is 1. The standard InChI is InChI=1S/C16H20FN3/c1-11-10-20(16(18-11)19-15-7-8-15)12(2)9-13-3-5-14(17)6-4-13/h3-6,10,12,15H,7-9H2,1-2H3,(H,18,19). The van der Waals surface area contributed by atoms with Gasteiger partial charge in [-0.3, -0.25) is 0 Å². The van der Waals surface area contributed by atoms with Gasteiger partial charge in [-0.05, 0) is 50.8 Å². The van der Waals surface area contributed by atoms with Crippen molar-refractivity contribution in [3.05, 3.63) is 47.5 Å². The van der Waals surface area contributed by atoms with Crippen LogP contribution in [-0.2, 0) is 6.42 Å². The summed E-state index contributed by atoms with van der Waals surface area (Å²) in [4.78, 5) is 4.56. The fourth-order valence-corrected chi connectivity index (χ4v) is 2.43. The van der Waals surface area contributed by atoms with E-state index in [-0.39, 0.29) is 5.82 Å². The first kappa shape index (κ1) is 13.2. The van der Waals surface area contributed by atoms with Crippen molar-refractivity contribution < 1.29 is 4.39 Å². The number of benzene rings is 1. The van der Waals surface area contributed by atoms with Crippen molar-refractivity contribution in [2.24, 2.45) is 0 Å². The molecule has 3 nitrogen and oxygen atoms in total. The lowest BCUT2D eigenvalue weighted by Crippen LogP contribution is -2.13. The molecule has 1 aliphatic carbocycles. The number of hydrogen-bond donors (Lipinski definition) is 1. The molecule has 0 aliphatic heterocycles. The summed E-state index contributed by atoms with van der Waals surface area (Å²) in [6.07, 6.45) is 5.42. The quantitative estimate of drug-likeness (QED) is 0.900. The Kier molecular flexibility index (Phi) is 3.47. The third kappa shape index (κ3) is 3.00. The second-order valence-electron chi connectivity index (χ2n) is 5.71. The van der Waals surface area contributed by atoms with E-state index in [1.54, 1.807) is 0 Å². The molecule has 3 rings (SSSR count). The highest BCUT2D eigenvalue weighted by atomic mass is 19.1. The lowest BCUT2D eigenvalue weighted by Gasteiger charge is -2.17. The molecule has 1 atom stereocenters. The molecule has 0 spiro atoms. The van der Waals surface area contributed by atoms with Crippen LogP contribution in [0.2, 0.25) is 0 Å². The molecule has 1 fully saturated rings. The van der Waals surface area contributed by atoms with Crippen LogP contribution in [0.15, 0.2) is 30.5 Å². The van der Waals surface area contributed by atoms with Crippen LogP contribution >= 0.6 is 0 Å². The molecule has 1 aliphatic rings. The summed E-state index contributed by atoms with van der Waals surface area (Å²) in [5.41, 5.74) is 2.17. The maximum atomic E-state index is 12.9. The minimum absolute atomic E-state index is 0.184. The van der Waals surface area contributed by atoms with Crippen LogP contribution in [0, 0.1) is 12.7 Å². The van der Waals surface area contributed by atoms with Crippen molar-refractivity contribution in [1.29, 1.82) is 0 Å². The largest absolute Gasteiger partial charge is 0.353 e. The molecule has 1 aromatic carbocycles. The van der Waals surface area contributed by atoms with Crippen molar-refractivity contribution in [2.45, 2.75) is 45.2 Å². The predicted molar refractivity (Wildman–Crippen MR) is 78.4 cm³/mol. The molecule has 20 heavy (non-hydrogen) atoms. The summed E-state index contributed by atoms with van der Waals surface area (Å²) < 4.78 is 15.1. The molecule has 0 bridgehead atoms. The maximum Gasteiger partial charge on any atom is 0.203 e. The van der Waals surface area contributed by atoms with Gasteiger partial charge in [0.15, 0.2) is 0 Å². The minimum atomic E-state index is -0.184. The van der Waals surface area contributed by atoms with Gasteiger partial charge in [-0.2, -0.15) is 0 Å². The summed E-state index contributed by atoms with van der Waals surface area (Å²) in [7, 11) is 0. The summed E-state index contributed by atoms with van der Waals surface area (Å²) in [6.45, 7) is 4.18. The van der Waals surface area contributed by atoms with E-state index in [2.05, 4.69) is 28.0 Å². The first-order chi connectivity index (χ1) is 9.61. The maximum absolute atomic E-state index is 12.9. The van der Waals surface area contributed by atoms with Crippen molar-refractivity contribution in [2.75, 3.05) is 5.32 Å². The zero-order valence-corrected chi connectivity index (χ0v) is 11.9. The van der Waals surface area contributed by atoms with Crippen molar-refractivity contribution >= 4 is 5.95 Å². The summed E-state index contributed by atoms with van der Waals surface area (Å²) >= 11 is 0. The molecular formula is C16H20FN3. The molecule has 1 saturated carbocycles. The Balaban J connectivity index is 1.75. The Bertz CT molecular complexity index is 584. The average molecular weight is 273 g/mol. The normalized spacial score (nSPS) is 16.1. The van der Waals surface area contributed by atoms with Crippen LogP contribution in [0.4, 0.5) is 10.3 Å². The molecular weight excluding hydrogens is 253 g/mol. The molecule has 0 radical (unpaired) electrons. The Morgan fingerprint density at radius 3 is 2.70 bits per heavy atom. The van der Waals surface area contributed by atoms with E-state index in [0.29, 0.717) is 12.1 Å². The van der Waals surface area contributed by atoms with Crippen LogP contribution in [0.1, 0.15) is 37.1 Å².